The molecule has 0 unspecified atom stereocenters. The molecule has 0 fully saturated rings. The van der Waals surface area contributed by atoms with E-state index in [-0.39, 0.29) is 36.3 Å². The molecule has 2 aliphatic carbocycles. The van der Waals surface area contributed by atoms with Crippen LogP contribution in [-0.2, 0) is 48.5 Å². The van der Waals surface area contributed by atoms with Crippen molar-refractivity contribution in [2.75, 3.05) is 14.2 Å². The number of ether oxygens (including phenoxy) is 2. The zero-order valence-electron chi connectivity index (χ0n) is 77.4. The Bertz CT molecular complexity index is 6500. The molecule has 16 rings (SSSR count). The molecule has 2 N–H and O–H groups in total. The quantitative estimate of drug-likeness (QED) is 0.0220. The number of rotatable bonds is 43. The standard InChI is InChI=1S/C55H66O4S6.C35H36O3S4.C8H4Br2OS2.6CH3.2Sn/c1-7-9-11-13-14-15-16-17-18-19-20-21-22-24-26-37-28-44(64-51(37)55-54-39(35(5)61-55)30-42(63-54)33(3)57)47-49-48(46(50(47)58)43-27-36(34(4)60-43)25-23-12-10-8-2)52-40(29-38(32-56)62-52)41-31-45(59-6)65-53(41)49;1-4-6-8-10-12-21-14-26(39-19-21)29-31-32(30(33(29)37)27-15-22(20-40-27)13-11-9-7-5-2)35-25(17-28(38-3)42-35)24-16-23(18-36)41-34(24)31;1-3(11)5-2-4-6(12-5)8(10)13-7(4)9;;;;;;;;/h27-31,56H,7-26,32H2,1-6H3;14-17,36H,4-13,18H2,1-3H3;2H,1H3;6*1H3;;. The van der Waals surface area contributed by atoms with Gasteiger partial charge in [-0.3, -0.25) is 14.4 Å². The number of carbonyl (C=O) groups is 4. The van der Waals surface area contributed by atoms with Crippen LogP contribution in [0.25, 0.3) is 92.6 Å². The van der Waals surface area contributed by atoms with E-state index in [9.17, 15) is 19.8 Å². The first kappa shape index (κ1) is 101. The van der Waals surface area contributed by atoms with Crippen molar-refractivity contribution in [1.29, 1.82) is 0 Å². The summed E-state index contributed by atoms with van der Waals surface area (Å²) in [6.45, 7) is 16.7. The van der Waals surface area contributed by atoms with Crippen LogP contribution in [-0.4, -0.2) is 84.3 Å². The molecule has 12 aromatic heterocycles. The minimum atomic E-state index is -2.51. The Labute approximate surface area is 830 Å². The number of hydrogen-bond acceptors (Lipinski definition) is 20. The number of fused-ring (bicyclic) bond motifs is 14. The van der Waals surface area contributed by atoms with Gasteiger partial charge in [0, 0.05) is 87.9 Å². The van der Waals surface area contributed by atoms with Gasteiger partial charge in [-0.05, 0) is 127 Å². The minimum absolute atomic E-state index is 0.00541. The number of benzene rings is 2. The monoisotopic (exact) mass is 2280 g/mol. The van der Waals surface area contributed by atoms with Crippen LogP contribution >= 0.6 is 168 Å². The van der Waals surface area contributed by atoms with Gasteiger partial charge in [0.1, 0.15) is 0 Å². The van der Waals surface area contributed by atoms with Gasteiger partial charge in [-0.2, -0.15) is 0 Å². The Morgan fingerprint density at radius 1 is 0.336 bits per heavy atom. The second-order valence-corrected chi connectivity index (χ2v) is 83.0. The van der Waals surface area contributed by atoms with Gasteiger partial charge in [0.15, 0.2) is 22.4 Å². The van der Waals surface area contributed by atoms with Gasteiger partial charge >= 0.3 is 327 Å². The molecule has 0 aliphatic heterocycles. The predicted molar refractivity (Wildman–Crippen MR) is 582 cm³/mol. The van der Waals surface area contributed by atoms with Crippen LogP contribution in [0.2, 0.25) is 29.6 Å². The molecule has 0 amide bonds. The second kappa shape index (κ2) is 45.3. The molecule has 0 spiro atoms. The number of aliphatic hydroxyl groups is 2. The molecule has 2 aliphatic rings. The van der Waals surface area contributed by atoms with E-state index in [2.05, 4.69) is 158 Å². The molecule has 0 atom stereocenters. The summed E-state index contributed by atoms with van der Waals surface area (Å²) < 4.78 is 23.9. The number of halogens is 2. The normalized spacial score (nSPS) is 13.1. The summed E-state index contributed by atoms with van der Waals surface area (Å²) >= 11 is 22.5. The van der Waals surface area contributed by atoms with Crippen molar-refractivity contribution >= 4 is 316 Å². The van der Waals surface area contributed by atoms with Crippen LogP contribution in [0, 0.1) is 13.8 Å². The van der Waals surface area contributed by atoms with Crippen LogP contribution in [0.5, 0.6) is 10.1 Å². The van der Waals surface area contributed by atoms with E-state index < -0.39 is 36.8 Å². The van der Waals surface area contributed by atoms with Crippen molar-refractivity contribution in [3.8, 4) is 19.9 Å². The second-order valence-electron chi connectivity index (χ2n) is 36.7. The van der Waals surface area contributed by atoms with E-state index in [4.69, 9.17) is 9.47 Å². The molecule has 682 valence electrons. The number of Topliss-reactive ketones (excluding diaryl/α,β-unsaturated/α-hetero) is 4. The third-order valence-electron chi connectivity index (χ3n) is 24.9. The Balaban J connectivity index is 0.000000185. The molecule has 24 heteroatoms. The summed E-state index contributed by atoms with van der Waals surface area (Å²) in [4.78, 5) is 82.9. The van der Waals surface area contributed by atoms with E-state index >= 15 is 9.59 Å². The molecule has 2 aromatic carbocycles. The number of unbranched alkanes of at least 4 members (excludes halogenated alkanes) is 22. The summed E-state index contributed by atoms with van der Waals surface area (Å²) in [5.74, 6) is 0.515. The molecule has 12 heterocycles. The maximum atomic E-state index is 15.7. The van der Waals surface area contributed by atoms with Crippen molar-refractivity contribution in [3.63, 3.8) is 0 Å². The van der Waals surface area contributed by atoms with Crippen molar-refractivity contribution < 1.29 is 38.9 Å². The van der Waals surface area contributed by atoms with Crippen molar-refractivity contribution in [3.05, 3.63) is 160 Å². The SMILES string of the molecule is CC(=O)c1cc2c(Br)sc(Br)c2s1.CCCCCCCCCCCCCCCCc1cc(C2=c3c(c4sc(CO)cc4c4cc(OC)sc34)=C(c3cc(CCCCCC)c(C)s3)C2=O)sc1-c1sc(C)c2cc(C(C)=O)sc12.CCCCCCc1cc(C2=c3c(c4sc(OC)cc4c4cc(CO)sc34)=C(c3cc(CCCCCC)[c]([Sn]([CH3])([CH3])[CH3])s3)C2=O)s[c]1[Sn]([CH3])([CH3])[CH3]. The van der Waals surface area contributed by atoms with Crippen LogP contribution in [0.4, 0.5) is 0 Å². The molecule has 8 nitrogen and oxygen atoms in total. The van der Waals surface area contributed by atoms with Gasteiger partial charge in [-0.25, -0.2) is 0 Å². The third-order valence-corrected chi connectivity index (χ3v) is 60.2. The Morgan fingerprint density at radius 2 is 0.680 bits per heavy atom. The van der Waals surface area contributed by atoms with Crippen LogP contribution in [0.15, 0.2) is 68.2 Å². The van der Waals surface area contributed by atoms with Gasteiger partial charge in [0.05, 0.1) is 45.3 Å². The van der Waals surface area contributed by atoms with Crippen LogP contribution in [0.1, 0.15) is 289 Å². The number of thiophene rings is 12. The first-order valence-corrected chi connectivity index (χ1v) is 77.8. The molecule has 0 bridgehead atoms. The molecule has 0 saturated heterocycles. The predicted octanol–water partition coefficient (Wildman–Crippen LogP) is 31.4. The summed E-state index contributed by atoms with van der Waals surface area (Å²) in [5.41, 5.74) is 9.02. The third kappa shape index (κ3) is 22.1. The summed E-state index contributed by atoms with van der Waals surface area (Å²) in [6, 6.07) is 22.1. The van der Waals surface area contributed by atoms with Gasteiger partial charge in [-0.1, -0.05) is 128 Å². The van der Waals surface area contributed by atoms with Crippen molar-refractivity contribution in [2.45, 2.75) is 291 Å². The fourth-order valence-corrected chi connectivity index (χ4v) is 48.3. The van der Waals surface area contributed by atoms with E-state index in [1.54, 1.807) is 125 Å². The summed E-state index contributed by atoms with van der Waals surface area (Å²) in [7, 11) is 3.46. The zero-order valence-corrected chi connectivity index (χ0v) is 96.1. The van der Waals surface area contributed by atoms with Crippen molar-refractivity contribution in [1.82, 2.24) is 0 Å². The number of hydrogen-bond donors (Lipinski definition) is 2. The van der Waals surface area contributed by atoms with Crippen LogP contribution < -0.4 is 36.1 Å². The van der Waals surface area contributed by atoms with Gasteiger partial charge in [-0.15, -0.1) is 79.4 Å². The van der Waals surface area contributed by atoms with Gasteiger partial charge in [0.2, 0.25) is 0 Å². The number of aryl methyl sites for hydroxylation is 6. The van der Waals surface area contributed by atoms with Gasteiger partial charge < -0.3 is 9.84 Å². The van der Waals surface area contributed by atoms with Crippen molar-refractivity contribution in [2.24, 2.45) is 0 Å². The molecular formula is C104H124Br2O8S12Sn2. The van der Waals surface area contributed by atoms with E-state index in [0.29, 0.717) is 0 Å². The Kier molecular flexibility index (Phi) is 35.6. The number of carbonyl (C=O) groups excluding carboxylic acids is 4. The fourth-order valence-electron chi connectivity index (χ4n) is 18.3. The molecule has 128 heavy (non-hydrogen) atoms. The zero-order chi connectivity index (χ0) is 91.2. The maximum absolute atomic E-state index is 15.7. The molecule has 14 aromatic rings. The average Bonchev–Trinajstić information content (AvgIpc) is 1.53. The van der Waals surface area contributed by atoms with E-state index in [1.807, 2.05) is 40.1 Å². The van der Waals surface area contributed by atoms with E-state index in [1.165, 1.54) is 217 Å². The number of ketones is 4. The number of aliphatic hydroxyl groups excluding tert-OH is 2. The first-order valence-electron chi connectivity index (χ1n) is 46.4. The Hall–Kier alpha value is -3.36. The van der Waals surface area contributed by atoms with Gasteiger partial charge in [0.25, 0.3) is 0 Å². The Morgan fingerprint density at radius 3 is 1.08 bits per heavy atom. The molecular weight excluding hydrogens is 2160 g/mol. The fraction of sp³-hybridized carbons (Fsp3) is 0.462. The van der Waals surface area contributed by atoms with E-state index in [0.717, 1.165) is 189 Å². The first-order chi connectivity index (χ1) is 61.6. The topological polar surface area (TPSA) is 127 Å². The number of methoxy groups -OCH3 is 2. The average molecular weight is 2280 g/mol. The van der Waals surface area contributed by atoms with Crippen LogP contribution in [0.3, 0.4) is 0 Å². The molecule has 0 radical (unpaired) electrons. The molecule has 0 saturated carbocycles. The summed E-state index contributed by atoms with van der Waals surface area (Å²) in [5, 5.41) is 33.5. The summed E-state index contributed by atoms with van der Waals surface area (Å²) in [6.07, 6.45) is 37.6.